The van der Waals surface area contributed by atoms with Gasteiger partial charge in [-0.1, -0.05) is 20.3 Å². The van der Waals surface area contributed by atoms with Crippen molar-refractivity contribution in [2.45, 2.75) is 57.7 Å². The maximum Gasteiger partial charge on any atom is 0.0952 e. The molecule has 4 atom stereocenters. The molecule has 2 aliphatic heterocycles. The molecule has 3 heteroatoms. The van der Waals surface area contributed by atoms with Gasteiger partial charge in [-0.15, -0.1) is 0 Å². The second-order valence-corrected chi connectivity index (χ2v) is 5.31. The fourth-order valence-electron chi connectivity index (χ4n) is 4.36. The van der Waals surface area contributed by atoms with Crippen LogP contribution in [0.3, 0.4) is 0 Å². The molecule has 0 N–H and O–H groups in total. The minimum absolute atomic E-state index is 0.455. The van der Waals surface area contributed by atoms with E-state index in [4.69, 9.17) is 0 Å². The summed E-state index contributed by atoms with van der Waals surface area (Å²) in [6.45, 7) is 6.80. The third-order valence-corrected chi connectivity index (χ3v) is 4.92. The Balaban J connectivity index is 1.98. The Bertz CT molecular complexity index is 289. The molecule has 3 nitrogen and oxygen atoms in total. The first-order chi connectivity index (χ1) is 7.33. The van der Waals surface area contributed by atoms with Gasteiger partial charge in [0.05, 0.1) is 12.6 Å². The Hall–Kier alpha value is -0.440. The smallest absolute Gasteiger partial charge is 0.0952 e. The van der Waals surface area contributed by atoms with E-state index in [-0.39, 0.29) is 0 Å². The number of hydrogen-bond acceptors (Lipinski definition) is 3. The molecule has 1 saturated heterocycles. The fraction of sp³-hybridized carbons (Fsp3) is 1.00. The lowest BCUT2D eigenvalue weighted by Gasteiger charge is -2.29. The Kier molecular flexibility index (Phi) is 2.13. The predicted molar refractivity (Wildman–Crippen MR) is 60.0 cm³/mol. The van der Waals surface area contributed by atoms with Crippen molar-refractivity contribution >= 4 is 0 Å². The summed E-state index contributed by atoms with van der Waals surface area (Å²) in [4.78, 5) is 2.72. The molecular weight excluding hydrogens is 186 g/mol. The topological polar surface area (TPSA) is 28.0 Å². The normalized spacial score (nSPS) is 48.5. The lowest BCUT2D eigenvalue weighted by atomic mass is 9.78. The van der Waals surface area contributed by atoms with Crippen molar-refractivity contribution in [2.24, 2.45) is 15.6 Å². The molecule has 0 amide bonds. The fourth-order valence-corrected chi connectivity index (χ4v) is 4.36. The van der Waals surface area contributed by atoms with E-state index in [0.717, 1.165) is 12.6 Å². The molecule has 1 saturated carbocycles. The molecule has 0 aromatic heterocycles. The Morgan fingerprint density at radius 2 is 2.27 bits per heavy atom. The number of hydrogen-bond donors (Lipinski definition) is 0. The van der Waals surface area contributed by atoms with E-state index in [1.54, 1.807) is 0 Å². The number of likely N-dealkylation sites (tertiary alicyclic amines) is 1. The average molecular weight is 207 g/mol. The molecule has 0 aromatic carbocycles. The van der Waals surface area contributed by atoms with Gasteiger partial charge in [0.15, 0.2) is 0 Å². The largest absolute Gasteiger partial charge is 0.295 e. The molecular formula is C12H21N3. The summed E-state index contributed by atoms with van der Waals surface area (Å²) in [6, 6.07) is 1.98. The highest BCUT2D eigenvalue weighted by molar-refractivity contribution is 5.17. The van der Waals surface area contributed by atoms with Gasteiger partial charge >= 0.3 is 0 Å². The summed E-state index contributed by atoms with van der Waals surface area (Å²) >= 11 is 0. The van der Waals surface area contributed by atoms with Gasteiger partial charge in [-0.2, -0.15) is 10.2 Å². The van der Waals surface area contributed by atoms with E-state index in [9.17, 15) is 0 Å². The molecule has 84 valence electrons. The first-order valence-corrected chi connectivity index (χ1v) is 6.46. The van der Waals surface area contributed by atoms with Crippen molar-refractivity contribution in [2.75, 3.05) is 13.1 Å². The Labute approximate surface area is 91.9 Å². The molecule has 0 radical (unpaired) electrons. The van der Waals surface area contributed by atoms with Gasteiger partial charge in [-0.25, -0.2) is 0 Å². The van der Waals surface area contributed by atoms with Crippen LogP contribution in [0.2, 0.25) is 0 Å². The predicted octanol–water partition coefficient (Wildman–Crippen LogP) is 2.47. The first kappa shape index (κ1) is 9.76. The van der Waals surface area contributed by atoms with Crippen molar-refractivity contribution in [3.05, 3.63) is 0 Å². The van der Waals surface area contributed by atoms with E-state index >= 15 is 0 Å². The minimum Gasteiger partial charge on any atom is -0.295 e. The van der Waals surface area contributed by atoms with Gasteiger partial charge in [-0.3, -0.25) is 4.90 Å². The SMILES string of the molecule is CCC1C2N=NCC23CCCC3N1CC. The molecule has 1 spiro atoms. The summed E-state index contributed by atoms with van der Waals surface area (Å²) in [5.74, 6) is 0. The van der Waals surface area contributed by atoms with Crippen molar-refractivity contribution in [1.29, 1.82) is 0 Å². The maximum atomic E-state index is 4.56. The van der Waals surface area contributed by atoms with Crippen molar-refractivity contribution in [3.8, 4) is 0 Å². The third-order valence-electron chi connectivity index (χ3n) is 4.92. The molecule has 2 fully saturated rings. The van der Waals surface area contributed by atoms with Gasteiger partial charge in [0.25, 0.3) is 0 Å². The zero-order valence-corrected chi connectivity index (χ0v) is 9.82. The van der Waals surface area contributed by atoms with Crippen LogP contribution in [-0.2, 0) is 0 Å². The third kappa shape index (κ3) is 1.05. The van der Waals surface area contributed by atoms with E-state index < -0.39 is 0 Å². The number of rotatable bonds is 2. The van der Waals surface area contributed by atoms with Crippen LogP contribution >= 0.6 is 0 Å². The highest BCUT2D eigenvalue weighted by Gasteiger charge is 2.62. The van der Waals surface area contributed by atoms with Crippen LogP contribution in [0.1, 0.15) is 39.5 Å². The Morgan fingerprint density at radius 1 is 1.40 bits per heavy atom. The van der Waals surface area contributed by atoms with Crippen LogP contribution in [0, 0.1) is 5.41 Å². The maximum absolute atomic E-state index is 4.56. The quantitative estimate of drug-likeness (QED) is 0.683. The second kappa shape index (κ2) is 3.27. The highest BCUT2D eigenvalue weighted by atomic mass is 15.3. The van der Waals surface area contributed by atoms with Gasteiger partial charge in [0, 0.05) is 17.5 Å². The van der Waals surface area contributed by atoms with E-state index in [1.807, 2.05) is 0 Å². The van der Waals surface area contributed by atoms with Crippen LogP contribution in [-0.4, -0.2) is 36.1 Å². The zero-order chi connectivity index (χ0) is 10.5. The van der Waals surface area contributed by atoms with Gasteiger partial charge in [0.1, 0.15) is 0 Å². The molecule has 15 heavy (non-hydrogen) atoms. The lowest BCUT2D eigenvalue weighted by molar-refractivity contribution is 0.168. The minimum atomic E-state index is 0.455. The highest BCUT2D eigenvalue weighted by Crippen LogP contribution is 2.55. The van der Waals surface area contributed by atoms with Crippen molar-refractivity contribution < 1.29 is 0 Å². The first-order valence-electron chi connectivity index (χ1n) is 6.46. The van der Waals surface area contributed by atoms with E-state index in [1.165, 1.54) is 32.2 Å². The van der Waals surface area contributed by atoms with Gasteiger partial charge in [-0.05, 0) is 25.8 Å². The second-order valence-electron chi connectivity index (χ2n) is 5.31. The average Bonchev–Trinajstić information content (AvgIpc) is 2.86. The molecule has 1 aliphatic carbocycles. The van der Waals surface area contributed by atoms with Crippen molar-refractivity contribution in [1.82, 2.24) is 4.90 Å². The molecule has 0 bridgehead atoms. The molecule has 4 unspecified atom stereocenters. The molecule has 3 aliphatic rings. The van der Waals surface area contributed by atoms with Crippen LogP contribution in [0.5, 0.6) is 0 Å². The summed E-state index contributed by atoms with van der Waals surface area (Å²) < 4.78 is 0. The molecule has 2 heterocycles. The van der Waals surface area contributed by atoms with Crippen LogP contribution in [0.25, 0.3) is 0 Å². The standard InChI is InChI=1S/C12H21N3/c1-3-9-11-12(8-13-14-11)7-5-6-10(12)15(9)4-2/h9-11H,3-8H2,1-2H3. The van der Waals surface area contributed by atoms with E-state index in [0.29, 0.717) is 17.5 Å². The monoisotopic (exact) mass is 207 g/mol. The lowest BCUT2D eigenvalue weighted by Crippen LogP contribution is -2.39. The zero-order valence-electron chi connectivity index (χ0n) is 9.82. The summed E-state index contributed by atoms with van der Waals surface area (Å²) in [7, 11) is 0. The summed E-state index contributed by atoms with van der Waals surface area (Å²) in [5.41, 5.74) is 0.455. The molecule has 3 rings (SSSR count). The van der Waals surface area contributed by atoms with Crippen LogP contribution < -0.4 is 0 Å². The Morgan fingerprint density at radius 3 is 3.00 bits per heavy atom. The number of nitrogens with zero attached hydrogens (tertiary/aromatic N) is 3. The number of azo groups is 1. The van der Waals surface area contributed by atoms with Crippen molar-refractivity contribution in [3.63, 3.8) is 0 Å². The number of likely N-dealkylation sites (N-methyl/N-ethyl adjacent to an activating group) is 1. The van der Waals surface area contributed by atoms with E-state index in [2.05, 4.69) is 29.0 Å². The summed E-state index contributed by atoms with van der Waals surface area (Å²) in [5, 5.41) is 8.93. The van der Waals surface area contributed by atoms with Gasteiger partial charge in [0.2, 0.25) is 0 Å². The molecule has 0 aromatic rings. The van der Waals surface area contributed by atoms with Crippen LogP contribution in [0.15, 0.2) is 10.2 Å². The van der Waals surface area contributed by atoms with Gasteiger partial charge < -0.3 is 0 Å². The van der Waals surface area contributed by atoms with Crippen LogP contribution in [0.4, 0.5) is 0 Å². The summed E-state index contributed by atoms with van der Waals surface area (Å²) in [6.07, 6.45) is 5.36.